The number of fused-ring (bicyclic) bond motifs is 1. The van der Waals surface area contributed by atoms with E-state index in [4.69, 9.17) is 11.6 Å². The summed E-state index contributed by atoms with van der Waals surface area (Å²) in [6, 6.07) is 0. The van der Waals surface area contributed by atoms with Gasteiger partial charge in [-0.3, -0.25) is 4.79 Å². The number of hydrogen-bond acceptors (Lipinski definition) is 5. The van der Waals surface area contributed by atoms with Crippen molar-refractivity contribution >= 4 is 28.7 Å². The van der Waals surface area contributed by atoms with E-state index in [1.807, 2.05) is 0 Å². The number of halogens is 1. The van der Waals surface area contributed by atoms with E-state index < -0.39 is 0 Å². The normalized spacial score (nSPS) is 10.5. The number of methoxy groups -OCH3 is 1. The summed E-state index contributed by atoms with van der Waals surface area (Å²) < 4.78 is 6.09. The average molecular weight is 227 g/mol. The molecule has 15 heavy (non-hydrogen) atoms. The van der Waals surface area contributed by atoms with Crippen molar-refractivity contribution < 1.29 is 9.53 Å². The fraction of sp³-hybridized carbons (Fsp3) is 0.250. The standard InChI is InChI=1S/C8H7ClN4O2/c1-15-5(14)2-13-4-12-6-7(9)10-3-11-8(6)13/h3-4H,2H2,1H3. The zero-order chi connectivity index (χ0) is 10.8. The van der Waals surface area contributed by atoms with E-state index in [1.165, 1.54) is 19.8 Å². The largest absolute Gasteiger partial charge is 0.468 e. The van der Waals surface area contributed by atoms with Gasteiger partial charge in [-0.2, -0.15) is 0 Å². The summed E-state index contributed by atoms with van der Waals surface area (Å²) in [5.41, 5.74) is 0.989. The second-order valence-corrected chi connectivity index (χ2v) is 3.14. The average Bonchev–Trinajstić information content (AvgIpc) is 2.63. The van der Waals surface area contributed by atoms with Gasteiger partial charge in [0.05, 0.1) is 13.4 Å². The minimum Gasteiger partial charge on any atom is -0.468 e. The van der Waals surface area contributed by atoms with E-state index in [2.05, 4.69) is 19.7 Å². The van der Waals surface area contributed by atoms with Gasteiger partial charge in [0, 0.05) is 0 Å². The summed E-state index contributed by atoms with van der Waals surface area (Å²) in [5, 5.41) is 0.267. The number of imidazole rings is 1. The zero-order valence-electron chi connectivity index (χ0n) is 7.85. The predicted octanol–water partition coefficient (Wildman–Crippen LogP) is 0.653. The molecule has 2 aromatic heterocycles. The number of aromatic nitrogens is 4. The zero-order valence-corrected chi connectivity index (χ0v) is 8.60. The lowest BCUT2D eigenvalue weighted by atomic mass is 10.5. The first-order chi connectivity index (χ1) is 7.22. The molecule has 6 nitrogen and oxygen atoms in total. The van der Waals surface area contributed by atoms with Crippen molar-refractivity contribution in [3.63, 3.8) is 0 Å². The van der Waals surface area contributed by atoms with Gasteiger partial charge in [0.2, 0.25) is 0 Å². The molecule has 2 heterocycles. The Morgan fingerprint density at radius 2 is 2.33 bits per heavy atom. The molecule has 0 bridgehead atoms. The molecule has 78 valence electrons. The molecule has 2 aromatic rings. The van der Waals surface area contributed by atoms with Gasteiger partial charge in [0.15, 0.2) is 10.8 Å². The van der Waals surface area contributed by atoms with Gasteiger partial charge in [-0.25, -0.2) is 15.0 Å². The molecule has 0 fully saturated rings. The number of rotatable bonds is 2. The van der Waals surface area contributed by atoms with Crippen LogP contribution in [0, 0.1) is 0 Å². The lowest BCUT2D eigenvalue weighted by molar-refractivity contribution is -0.141. The first kappa shape index (κ1) is 9.85. The number of hydrogen-bond donors (Lipinski definition) is 0. The molecule has 0 aromatic carbocycles. The van der Waals surface area contributed by atoms with Crippen LogP contribution in [0.4, 0.5) is 0 Å². The highest BCUT2D eigenvalue weighted by Crippen LogP contribution is 2.16. The van der Waals surface area contributed by atoms with Crippen LogP contribution in [-0.2, 0) is 16.1 Å². The lowest BCUT2D eigenvalue weighted by Crippen LogP contribution is -2.10. The summed E-state index contributed by atoms with van der Waals surface area (Å²) in [5.74, 6) is -0.371. The maximum Gasteiger partial charge on any atom is 0.325 e. The third-order valence-electron chi connectivity index (χ3n) is 1.88. The Hall–Kier alpha value is -1.69. The van der Waals surface area contributed by atoms with Crippen molar-refractivity contribution in [2.24, 2.45) is 0 Å². The predicted molar refractivity (Wildman–Crippen MR) is 52.3 cm³/mol. The molecule has 0 saturated carbocycles. The van der Waals surface area contributed by atoms with Gasteiger partial charge in [-0.15, -0.1) is 0 Å². The van der Waals surface area contributed by atoms with Crippen LogP contribution >= 0.6 is 11.6 Å². The van der Waals surface area contributed by atoms with Crippen molar-refractivity contribution in [3.8, 4) is 0 Å². The number of carbonyl (C=O) groups excluding carboxylic acids is 1. The Balaban J connectivity index is 2.45. The van der Waals surface area contributed by atoms with Crippen LogP contribution in [0.1, 0.15) is 0 Å². The second kappa shape index (κ2) is 3.82. The van der Waals surface area contributed by atoms with Crippen molar-refractivity contribution in [1.29, 1.82) is 0 Å². The maximum atomic E-state index is 11.1. The Morgan fingerprint density at radius 1 is 1.53 bits per heavy atom. The number of carbonyl (C=O) groups is 1. The first-order valence-electron chi connectivity index (χ1n) is 4.10. The minimum atomic E-state index is -0.371. The summed E-state index contributed by atoms with van der Waals surface area (Å²) in [6.45, 7) is 0.0559. The monoisotopic (exact) mass is 226 g/mol. The summed E-state index contributed by atoms with van der Waals surface area (Å²) in [4.78, 5) is 22.8. The van der Waals surface area contributed by atoms with Crippen molar-refractivity contribution in [1.82, 2.24) is 19.5 Å². The Morgan fingerprint density at radius 3 is 3.07 bits per heavy atom. The SMILES string of the molecule is COC(=O)Cn1cnc2c(Cl)ncnc21. The second-order valence-electron chi connectivity index (χ2n) is 2.79. The summed E-state index contributed by atoms with van der Waals surface area (Å²) >= 11 is 5.80. The fourth-order valence-electron chi connectivity index (χ4n) is 1.17. The molecule has 0 saturated heterocycles. The van der Waals surface area contributed by atoms with E-state index in [9.17, 15) is 4.79 Å². The van der Waals surface area contributed by atoms with Gasteiger partial charge in [-0.05, 0) is 0 Å². The molecule has 0 radical (unpaired) electrons. The van der Waals surface area contributed by atoms with Gasteiger partial charge >= 0.3 is 5.97 Å². The van der Waals surface area contributed by atoms with Crippen molar-refractivity contribution in [3.05, 3.63) is 17.8 Å². The van der Waals surface area contributed by atoms with Crippen molar-refractivity contribution in [2.45, 2.75) is 6.54 Å². The number of esters is 1. The molecular weight excluding hydrogens is 220 g/mol. The summed E-state index contributed by atoms with van der Waals surface area (Å²) in [6.07, 6.45) is 2.79. The van der Waals surface area contributed by atoms with Crippen LogP contribution in [0.2, 0.25) is 5.15 Å². The highest BCUT2D eigenvalue weighted by molar-refractivity contribution is 6.33. The van der Waals surface area contributed by atoms with Crippen LogP contribution in [0.3, 0.4) is 0 Å². The van der Waals surface area contributed by atoms with E-state index >= 15 is 0 Å². The molecule has 0 unspecified atom stereocenters. The van der Waals surface area contributed by atoms with E-state index in [-0.39, 0.29) is 17.7 Å². The van der Waals surface area contributed by atoms with Crippen LogP contribution in [0.5, 0.6) is 0 Å². The van der Waals surface area contributed by atoms with Crippen LogP contribution < -0.4 is 0 Å². The van der Waals surface area contributed by atoms with Gasteiger partial charge in [-0.1, -0.05) is 11.6 Å². The van der Waals surface area contributed by atoms with E-state index in [0.29, 0.717) is 11.2 Å². The molecule has 0 aliphatic carbocycles. The summed E-state index contributed by atoms with van der Waals surface area (Å²) in [7, 11) is 1.32. The number of ether oxygens (including phenoxy) is 1. The van der Waals surface area contributed by atoms with E-state index in [1.54, 1.807) is 4.57 Å². The van der Waals surface area contributed by atoms with Crippen LogP contribution in [-0.4, -0.2) is 32.6 Å². The van der Waals surface area contributed by atoms with E-state index in [0.717, 1.165) is 0 Å². The van der Waals surface area contributed by atoms with Gasteiger partial charge < -0.3 is 9.30 Å². The first-order valence-corrected chi connectivity index (χ1v) is 4.48. The third kappa shape index (κ3) is 1.75. The maximum absolute atomic E-state index is 11.1. The van der Waals surface area contributed by atoms with Gasteiger partial charge in [0.25, 0.3) is 0 Å². The number of nitrogens with zero attached hydrogens (tertiary/aromatic N) is 4. The third-order valence-corrected chi connectivity index (χ3v) is 2.16. The van der Waals surface area contributed by atoms with Crippen LogP contribution in [0.25, 0.3) is 11.2 Å². The lowest BCUT2D eigenvalue weighted by Gasteiger charge is -2.00. The Kier molecular flexibility index (Phi) is 2.51. The fourth-order valence-corrected chi connectivity index (χ4v) is 1.35. The minimum absolute atomic E-state index is 0.0559. The molecule has 0 aliphatic heterocycles. The molecule has 0 aliphatic rings. The molecule has 0 atom stereocenters. The molecule has 2 rings (SSSR count). The van der Waals surface area contributed by atoms with Crippen molar-refractivity contribution in [2.75, 3.05) is 7.11 Å². The quantitative estimate of drug-likeness (QED) is 0.556. The molecular formula is C8H7ClN4O2. The van der Waals surface area contributed by atoms with Gasteiger partial charge in [0.1, 0.15) is 18.4 Å². The molecule has 7 heteroatoms. The van der Waals surface area contributed by atoms with Crippen LogP contribution in [0.15, 0.2) is 12.7 Å². The highest BCUT2D eigenvalue weighted by Gasteiger charge is 2.10. The Labute approximate surface area is 89.9 Å². The smallest absolute Gasteiger partial charge is 0.325 e. The highest BCUT2D eigenvalue weighted by atomic mass is 35.5. The molecule has 0 N–H and O–H groups in total. The molecule has 0 spiro atoms. The Bertz CT molecular complexity index is 510. The molecule has 0 amide bonds. The topological polar surface area (TPSA) is 69.9 Å².